The minimum absolute atomic E-state index is 0.0916. The van der Waals surface area contributed by atoms with Crippen LogP contribution >= 0.6 is 0 Å². The van der Waals surface area contributed by atoms with E-state index in [9.17, 15) is 19.2 Å². The SMILES string of the molecule is CC(=O)[C@H]1CC[C@H]2[C@@H]3CC[C@H]4C[C@](C)(OC(=O)COC(=O)CNC(=O)OCc5ccccc5)CC[C@]4(C)[C@H]3CC[C@]12C. The molecule has 42 heavy (non-hydrogen) atoms. The van der Waals surface area contributed by atoms with E-state index in [2.05, 4.69) is 19.2 Å². The summed E-state index contributed by atoms with van der Waals surface area (Å²) in [5, 5.41) is 2.34. The van der Waals surface area contributed by atoms with Gasteiger partial charge in [0.1, 0.15) is 24.5 Å². The number of hydrogen-bond donors (Lipinski definition) is 1. The molecule has 230 valence electrons. The van der Waals surface area contributed by atoms with Crippen molar-refractivity contribution < 1.29 is 33.4 Å². The Morgan fingerprint density at radius 3 is 2.31 bits per heavy atom. The van der Waals surface area contributed by atoms with Gasteiger partial charge in [-0.25, -0.2) is 9.59 Å². The number of benzene rings is 1. The molecule has 1 aromatic carbocycles. The molecule has 1 aromatic rings. The van der Waals surface area contributed by atoms with Gasteiger partial charge in [-0.3, -0.25) is 9.59 Å². The molecule has 0 unspecified atom stereocenters. The number of Topliss-reactive ketones (excluding diaryl/α,β-unsaturated/α-hetero) is 1. The van der Waals surface area contributed by atoms with Gasteiger partial charge in [-0.2, -0.15) is 0 Å². The van der Waals surface area contributed by atoms with Crippen LogP contribution in [0.25, 0.3) is 0 Å². The van der Waals surface area contributed by atoms with Crippen LogP contribution in [0.1, 0.15) is 91.0 Å². The molecule has 8 atom stereocenters. The van der Waals surface area contributed by atoms with Gasteiger partial charge in [-0.1, -0.05) is 44.2 Å². The number of alkyl carbamates (subject to hydrolysis) is 1. The van der Waals surface area contributed by atoms with E-state index < -0.39 is 36.8 Å². The number of carbonyl (C=O) groups excluding carboxylic acids is 4. The molecule has 5 rings (SSSR count). The van der Waals surface area contributed by atoms with E-state index in [0.29, 0.717) is 29.5 Å². The molecular weight excluding hydrogens is 534 g/mol. The molecule has 1 amide bonds. The lowest BCUT2D eigenvalue weighted by atomic mass is 9.44. The summed E-state index contributed by atoms with van der Waals surface area (Å²) in [6.07, 6.45) is 8.76. The first-order valence-corrected chi connectivity index (χ1v) is 15.8. The van der Waals surface area contributed by atoms with Crippen molar-refractivity contribution in [2.75, 3.05) is 13.2 Å². The normalized spacial score (nSPS) is 36.9. The lowest BCUT2D eigenvalue weighted by Crippen LogP contribution is -2.56. The molecule has 1 N–H and O–H groups in total. The lowest BCUT2D eigenvalue weighted by molar-refractivity contribution is -0.186. The topological polar surface area (TPSA) is 108 Å². The highest BCUT2D eigenvalue weighted by Crippen LogP contribution is 2.68. The number of fused-ring (bicyclic) bond motifs is 5. The third kappa shape index (κ3) is 6.09. The standard InChI is InChI=1S/C34H47NO7/c1-22(36)26-12-13-27-25-11-10-24-18-32(2,16-17-33(24,3)28(25)14-15-34(26,27)4)42-30(38)21-40-29(37)19-35-31(39)41-20-23-8-6-5-7-9-23/h5-9,24-28H,10-21H2,1-4H3,(H,35,39)/t24-,25-,26+,27-,28-,32+,33-,34+/m0/s1. The average molecular weight is 582 g/mol. The van der Waals surface area contributed by atoms with Gasteiger partial charge in [0, 0.05) is 5.92 Å². The Balaban J connectivity index is 1.07. The van der Waals surface area contributed by atoms with E-state index >= 15 is 0 Å². The number of carbonyl (C=O) groups is 4. The smallest absolute Gasteiger partial charge is 0.407 e. The average Bonchev–Trinajstić information content (AvgIpc) is 3.32. The summed E-state index contributed by atoms with van der Waals surface area (Å²) in [7, 11) is 0. The van der Waals surface area contributed by atoms with Crippen LogP contribution in [0.5, 0.6) is 0 Å². The summed E-state index contributed by atoms with van der Waals surface area (Å²) in [5.74, 6) is 1.77. The van der Waals surface area contributed by atoms with Crippen molar-refractivity contribution in [1.29, 1.82) is 0 Å². The third-order valence-electron chi connectivity index (χ3n) is 11.7. The first-order valence-electron chi connectivity index (χ1n) is 15.8. The van der Waals surface area contributed by atoms with E-state index in [-0.39, 0.29) is 23.4 Å². The Kier molecular flexibility index (Phi) is 8.73. The number of ketones is 1. The first kappa shape index (κ1) is 30.6. The number of nitrogens with one attached hydrogen (secondary N) is 1. The fourth-order valence-corrected chi connectivity index (χ4v) is 9.59. The zero-order valence-electron chi connectivity index (χ0n) is 25.6. The molecule has 4 saturated carbocycles. The zero-order valence-corrected chi connectivity index (χ0v) is 25.6. The minimum atomic E-state index is -0.736. The number of hydrogen-bond acceptors (Lipinski definition) is 7. The molecule has 0 heterocycles. The highest BCUT2D eigenvalue weighted by atomic mass is 16.6. The summed E-state index contributed by atoms with van der Waals surface area (Å²) in [6, 6.07) is 9.22. The van der Waals surface area contributed by atoms with Crippen LogP contribution in [0.4, 0.5) is 4.79 Å². The highest BCUT2D eigenvalue weighted by molar-refractivity contribution is 5.80. The molecule has 0 spiro atoms. The largest absolute Gasteiger partial charge is 0.457 e. The molecule has 4 aliphatic carbocycles. The lowest BCUT2D eigenvalue weighted by Gasteiger charge is -2.62. The van der Waals surface area contributed by atoms with Crippen molar-refractivity contribution >= 4 is 23.8 Å². The zero-order chi connectivity index (χ0) is 30.1. The Hall–Kier alpha value is -2.90. The first-order chi connectivity index (χ1) is 19.9. The van der Waals surface area contributed by atoms with Crippen LogP contribution in [0.15, 0.2) is 30.3 Å². The molecule has 8 nitrogen and oxygen atoms in total. The number of amides is 1. The van der Waals surface area contributed by atoms with E-state index in [1.807, 2.05) is 37.3 Å². The van der Waals surface area contributed by atoms with Crippen LogP contribution < -0.4 is 5.32 Å². The van der Waals surface area contributed by atoms with Gasteiger partial charge in [0.25, 0.3) is 0 Å². The van der Waals surface area contributed by atoms with Crippen LogP contribution in [0.2, 0.25) is 0 Å². The number of esters is 2. The monoisotopic (exact) mass is 581 g/mol. The Labute approximate surface area is 249 Å². The predicted molar refractivity (Wildman–Crippen MR) is 156 cm³/mol. The van der Waals surface area contributed by atoms with E-state index in [1.54, 1.807) is 6.92 Å². The molecule has 8 heteroatoms. The second-order valence-corrected chi connectivity index (χ2v) is 14.1. The number of rotatable bonds is 8. The van der Waals surface area contributed by atoms with Gasteiger partial charge in [0.2, 0.25) is 0 Å². The third-order valence-corrected chi connectivity index (χ3v) is 11.7. The molecule has 4 aliphatic rings. The fraction of sp³-hybridized carbons (Fsp3) is 0.706. The van der Waals surface area contributed by atoms with Crippen molar-refractivity contribution in [3.8, 4) is 0 Å². The Bertz CT molecular complexity index is 1190. The number of ether oxygens (including phenoxy) is 3. The van der Waals surface area contributed by atoms with Crippen LogP contribution in [0.3, 0.4) is 0 Å². The van der Waals surface area contributed by atoms with Gasteiger partial charge in [0.15, 0.2) is 6.61 Å². The molecule has 4 fully saturated rings. The van der Waals surface area contributed by atoms with Gasteiger partial charge in [0.05, 0.1) is 0 Å². The highest BCUT2D eigenvalue weighted by Gasteiger charge is 2.61. The molecule has 0 aliphatic heterocycles. The van der Waals surface area contributed by atoms with Gasteiger partial charge >= 0.3 is 18.0 Å². The maximum absolute atomic E-state index is 12.7. The summed E-state index contributed by atoms with van der Waals surface area (Å²) < 4.78 is 16.1. The van der Waals surface area contributed by atoms with Gasteiger partial charge in [-0.15, -0.1) is 0 Å². The van der Waals surface area contributed by atoms with Crippen LogP contribution in [0, 0.1) is 40.4 Å². The van der Waals surface area contributed by atoms with Gasteiger partial charge in [-0.05, 0) is 112 Å². The Morgan fingerprint density at radius 1 is 0.833 bits per heavy atom. The quantitative estimate of drug-likeness (QED) is 0.296. The molecule has 0 aromatic heterocycles. The predicted octanol–water partition coefficient (Wildman–Crippen LogP) is 6.01. The van der Waals surface area contributed by atoms with Crippen molar-refractivity contribution in [2.45, 2.75) is 97.7 Å². The summed E-state index contributed by atoms with van der Waals surface area (Å²) in [6.45, 7) is 7.86. The second kappa shape index (κ2) is 12.0. The molecular formula is C34H47NO7. The molecule has 0 radical (unpaired) electrons. The minimum Gasteiger partial charge on any atom is -0.457 e. The summed E-state index contributed by atoms with van der Waals surface area (Å²) >= 11 is 0. The second-order valence-electron chi connectivity index (χ2n) is 14.1. The van der Waals surface area contributed by atoms with E-state index in [4.69, 9.17) is 14.2 Å². The molecule has 0 bridgehead atoms. The van der Waals surface area contributed by atoms with E-state index in [1.165, 1.54) is 19.3 Å². The van der Waals surface area contributed by atoms with Crippen molar-refractivity contribution in [3.63, 3.8) is 0 Å². The maximum atomic E-state index is 12.7. The Morgan fingerprint density at radius 2 is 1.57 bits per heavy atom. The van der Waals surface area contributed by atoms with Crippen molar-refractivity contribution in [3.05, 3.63) is 35.9 Å². The van der Waals surface area contributed by atoms with Crippen molar-refractivity contribution in [2.24, 2.45) is 40.4 Å². The fourth-order valence-electron chi connectivity index (χ4n) is 9.59. The molecule has 0 saturated heterocycles. The van der Waals surface area contributed by atoms with Crippen LogP contribution in [-0.2, 0) is 35.2 Å². The van der Waals surface area contributed by atoms with Gasteiger partial charge < -0.3 is 19.5 Å². The van der Waals surface area contributed by atoms with Crippen LogP contribution in [-0.4, -0.2) is 42.6 Å². The summed E-state index contributed by atoms with van der Waals surface area (Å²) in [5.41, 5.74) is 0.624. The maximum Gasteiger partial charge on any atom is 0.407 e. The summed E-state index contributed by atoms with van der Waals surface area (Å²) in [4.78, 5) is 49.1. The van der Waals surface area contributed by atoms with E-state index in [0.717, 1.165) is 44.1 Å². The van der Waals surface area contributed by atoms with Crippen molar-refractivity contribution in [1.82, 2.24) is 5.32 Å².